The van der Waals surface area contributed by atoms with Crippen molar-refractivity contribution in [3.8, 4) is 0 Å². The molecular formula is C23H42O3. The molecule has 1 fully saturated rings. The van der Waals surface area contributed by atoms with Gasteiger partial charge in [-0.3, -0.25) is 4.79 Å². The highest BCUT2D eigenvalue weighted by Gasteiger charge is 2.33. The number of carbonyl (C=O) groups excluding carboxylic acids is 1. The Balaban J connectivity index is 2.16. The predicted octanol–water partition coefficient (Wildman–Crippen LogP) is 6.19. The van der Waals surface area contributed by atoms with Crippen LogP contribution >= 0.6 is 0 Å². The van der Waals surface area contributed by atoms with Gasteiger partial charge in [-0.25, -0.2) is 0 Å². The van der Waals surface area contributed by atoms with Crippen LogP contribution in [0.2, 0.25) is 0 Å². The van der Waals surface area contributed by atoms with Crippen LogP contribution in [-0.4, -0.2) is 23.3 Å². The molecule has 0 aliphatic heterocycles. The van der Waals surface area contributed by atoms with E-state index in [1.807, 2.05) is 13.8 Å². The second kappa shape index (κ2) is 14.3. The summed E-state index contributed by atoms with van der Waals surface area (Å²) in [6.07, 6.45) is 19.0. The van der Waals surface area contributed by atoms with E-state index in [1.165, 1.54) is 44.9 Å². The zero-order chi connectivity index (χ0) is 19.2. The maximum atomic E-state index is 11.5. The first kappa shape index (κ1) is 23.2. The van der Waals surface area contributed by atoms with Crippen LogP contribution in [0, 0.1) is 11.8 Å². The lowest BCUT2D eigenvalue weighted by molar-refractivity contribution is -0.147. The lowest BCUT2D eigenvalue weighted by Crippen LogP contribution is -2.18. The zero-order valence-electron chi connectivity index (χ0n) is 17.4. The topological polar surface area (TPSA) is 46.5 Å². The average molecular weight is 367 g/mol. The van der Waals surface area contributed by atoms with Gasteiger partial charge < -0.3 is 9.84 Å². The monoisotopic (exact) mass is 366 g/mol. The Bertz CT molecular complexity index is 389. The summed E-state index contributed by atoms with van der Waals surface area (Å²) in [5, 5.41) is 10.3. The van der Waals surface area contributed by atoms with E-state index in [2.05, 4.69) is 19.1 Å². The number of esters is 1. The molecule has 0 spiro atoms. The summed E-state index contributed by atoms with van der Waals surface area (Å²) >= 11 is 0. The molecule has 3 heteroatoms. The first-order valence-electron chi connectivity index (χ1n) is 11.1. The molecule has 0 radical (unpaired) electrons. The fourth-order valence-corrected chi connectivity index (χ4v) is 4.08. The van der Waals surface area contributed by atoms with Gasteiger partial charge in [0.15, 0.2) is 0 Å². The molecule has 152 valence electrons. The number of aliphatic hydroxyl groups excluding tert-OH is 1. The Kier molecular flexibility index (Phi) is 12.7. The van der Waals surface area contributed by atoms with Gasteiger partial charge in [0.25, 0.3) is 0 Å². The third kappa shape index (κ3) is 10.4. The maximum Gasteiger partial charge on any atom is 0.306 e. The first-order valence-corrected chi connectivity index (χ1v) is 11.1. The predicted molar refractivity (Wildman–Crippen MR) is 109 cm³/mol. The van der Waals surface area contributed by atoms with E-state index >= 15 is 0 Å². The number of hydrogen-bond donors (Lipinski definition) is 1. The number of aliphatic hydroxyl groups is 1. The Labute approximate surface area is 161 Å². The molecule has 0 heterocycles. The molecule has 0 amide bonds. The van der Waals surface area contributed by atoms with Gasteiger partial charge in [-0.1, -0.05) is 57.6 Å². The van der Waals surface area contributed by atoms with E-state index in [4.69, 9.17) is 4.74 Å². The van der Waals surface area contributed by atoms with Crippen molar-refractivity contribution in [2.45, 2.75) is 116 Å². The van der Waals surface area contributed by atoms with Crippen LogP contribution in [0.25, 0.3) is 0 Å². The standard InChI is InChI=1S/C23H42O3/c1-4-5-6-7-8-12-15-21-20(17-18-22(21)24)14-11-9-10-13-16-23(25)26-19(2)3/h9,11,19-22,24H,4-8,10,12-18H2,1-3H3. The van der Waals surface area contributed by atoms with Crippen LogP contribution in [0.1, 0.15) is 104 Å². The molecule has 0 aromatic carbocycles. The van der Waals surface area contributed by atoms with Crippen LogP contribution in [0.3, 0.4) is 0 Å². The fraction of sp³-hybridized carbons (Fsp3) is 0.870. The molecule has 0 saturated heterocycles. The van der Waals surface area contributed by atoms with Crippen molar-refractivity contribution in [1.82, 2.24) is 0 Å². The van der Waals surface area contributed by atoms with Gasteiger partial charge in [0.1, 0.15) is 0 Å². The van der Waals surface area contributed by atoms with Crippen molar-refractivity contribution in [3.05, 3.63) is 12.2 Å². The van der Waals surface area contributed by atoms with Crippen molar-refractivity contribution in [1.29, 1.82) is 0 Å². The summed E-state index contributed by atoms with van der Waals surface area (Å²) in [5.74, 6) is 1.04. The number of rotatable bonds is 14. The fourth-order valence-electron chi connectivity index (χ4n) is 4.08. The number of carbonyl (C=O) groups is 1. The molecular weight excluding hydrogens is 324 g/mol. The zero-order valence-corrected chi connectivity index (χ0v) is 17.4. The highest BCUT2D eigenvalue weighted by Crippen LogP contribution is 2.38. The van der Waals surface area contributed by atoms with Crippen molar-refractivity contribution in [3.63, 3.8) is 0 Å². The third-order valence-corrected chi connectivity index (χ3v) is 5.55. The number of unbranched alkanes of at least 4 members (excludes halogenated alkanes) is 6. The lowest BCUT2D eigenvalue weighted by Gasteiger charge is -2.21. The molecule has 1 saturated carbocycles. The molecule has 0 aromatic rings. The van der Waals surface area contributed by atoms with Gasteiger partial charge >= 0.3 is 5.97 Å². The van der Waals surface area contributed by atoms with E-state index in [0.717, 1.165) is 32.1 Å². The maximum absolute atomic E-state index is 11.5. The molecule has 3 unspecified atom stereocenters. The van der Waals surface area contributed by atoms with Gasteiger partial charge in [0, 0.05) is 6.42 Å². The largest absolute Gasteiger partial charge is 0.463 e. The van der Waals surface area contributed by atoms with E-state index in [1.54, 1.807) is 0 Å². The molecule has 3 nitrogen and oxygen atoms in total. The van der Waals surface area contributed by atoms with Crippen molar-refractivity contribution >= 4 is 5.97 Å². The minimum Gasteiger partial charge on any atom is -0.463 e. The van der Waals surface area contributed by atoms with Crippen LogP contribution in [0.15, 0.2) is 12.2 Å². The molecule has 3 atom stereocenters. The van der Waals surface area contributed by atoms with Gasteiger partial charge in [-0.15, -0.1) is 0 Å². The number of hydrogen-bond acceptors (Lipinski definition) is 3. The summed E-state index contributed by atoms with van der Waals surface area (Å²) in [4.78, 5) is 11.5. The summed E-state index contributed by atoms with van der Waals surface area (Å²) in [6.45, 7) is 6.02. The molecule has 1 rings (SSSR count). The van der Waals surface area contributed by atoms with Crippen LogP contribution in [0.4, 0.5) is 0 Å². The van der Waals surface area contributed by atoms with Crippen molar-refractivity contribution < 1.29 is 14.6 Å². The van der Waals surface area contributed by atoms with Crippen LogP contribution in [0.5, 0.6) is 0 Å². The summed E-state index contributed by atoms with van der Waals surface area (Å²) < 4.78 is 5.14. The quantitative estimate of drug-likeness (QED) is 0.226. The molecule has 1 aliphatic rings. The average Bonchev–Trinajstić information content (AvgIpc) is 2.93. The van der Waals surface area contributed by atoms with Crippen LogP contribution < -0.4 is 0 Å². The smallest absolute Gasteiger partial charge is 0.306 e. The molecule has 26 heavy (non-hydrogen) atoms. The first-order chi connectivity index (χ1) is 12.5. The Morgan fingerprint density at radius 2 is 1.81 bits per heavy atom. The summed E-state index contributed by atoms with van der Waals surface area (Å²) in [5.41, 5.74) is 0. The summed E-state index contributed by atoms with van der Waals surface area (Å²) in [6, 6.07) is 0. The molecule has 1 aliphatic carbocycles. The second-order valence-electron chi connectivity index (χ2n) is 8.26. The van der Waals surface area contributed by atoms with Gasteiger partial charge in [0.2, 0.25) is 0 Å². The number of allylic oxidation sites excluding steroid dienone is 2. The van der Waals surface area contributed by atoms with E-state index in [0.29, 0.717) is 18.3 Å². The van der Waals surface area contributed by atoms with E-state index in [-0.39, 0.29) is 18.2 Å². The lowest BCUT2D eigenvalue weighted by atomic mass is 9.87. The highest BCUT2D eigenvalue weighted by molar-refractivity contribution is 5.69. The highest BCUT2D eigenvalue weighted by atomic mass is 16.5. The molecule has 0 bridgehead atoms. The van der Waals surface area contributed by atoms with Crippen molar-refractivity contribution in [2.24, 2.45) is 11.8 Å². The van der Waals surface area contributed by atoms with Crippen molar-refractivity contribution in [2.75, 3.05) is 0 Å². The van der Waals surface area contributed by atoms with Crippen LogP contribution in [-0.2, 0) is 9.53 Å². The minimum absolute atomic E-state index is 0.0181. The van der Waals surface area contributed by atoms with E-state index in [9.17, 15) is 9.90 Å². The molecule has 1 N–H and O–H groups in total. The minimum atomic E-state index is -0.0914. The number of ether oxygens (including phenoxy) is 1. The van der Waals surface area contributed by atoms with Gasteiger partial charge in [-0.05, 0) is 64.2 Å². The van der Waals surface area contributed by atoms with Gasteiger partial charge in [0.05, 0.1) is 12.2 Å². The van der Waals surface area contributed by atoms with E-state index < -0.39 is 0 Å². The third-order valence-electron chi connectivity index (χ3n) is 5.55. The Morgan fingerprint density at radius 3 is 2.54 bits per heavy atom. The SMILES string of the molecule is CCCCCCCCC1C(O)CCC1CC=CCCCC(=O)OC(C)C. The normalized spacial score (nSPS) is 23.2. The summed E-state index contributed by atoms with van der Waals surface area (Å²) in [7, 11) is 0. The molecule has 0 aromatic heterocycles. The van der Waals surface area contributed by atoms with Gasteiger partial charge in [-0.2, -0.15) is 0 Å². The second-order valence-corrected chi connectivity index (χ2v) is 8.26. The Hall–Kier alpha value is -0.830. The Morgan fingerprint density at radius 1 is 1.08 bits per heavy atom.